The van der Waals surface area contributed by atoms with Gasteiger partial charge in [-0.1, -0.05) is 13.0 Å². The molecular formula is C14H19N3O. The van der Waals surface area contributed by atoms with Gasteiger partial charge in [0.1, 0.15) is 0 Å². The number of aromatic nitrogens is 2. The molecule has 0 unspecified atom stereocenters. The number of fused-ring (bicyclic) bond motifs is 1. The number of piperidine rings is 1. The summed E-state index contributed by atoms with van der Waals surface area (Å²) in [6, 6.07) is 6.59. The molecule has 0 amide bonds. The maximum atomic E-state index is 12.1. The van der Waals surface area contributed by atoms with Crippen molar-refractivity contribution in [2.24, 2.45) is 0 Å². The number of nitrogens with zero attached hydrogens (tertiary/aromatic N) is 1. The molecule has 18 heavy (non-hydrogen) atoms. The van der Waals surface area contributed by atoms with Crippen molar-refractivity contribution in [1.82, 2.24) is 14.9 Å². The van der Waals surface area contributed by atoms with Gasteiger partial charge in [-0.25, -0.2) is 4.79 Å². The Hall–Kier alpha value is -1.55. The van der Waals surface area contributed by atoms with Crippen LogP contribution in [-0.2, 0) is 6.42 Å². The van der Waals surface area contributed by atoms with Crippen LogP contribution in [0.2, 0.25) is 0 Å². The Morgan fingerprint density at radius 2 is 2.11 bits per heavy atom. The van der Waals surface area contributed by atoms with Gasteiger partial charge in [-0.05, 0) is 50.0 Å². The predicted molar refractivity (Wildman–Crippen MR) is 73.1 cm³/mol. The van der Waals surface area contributed by atoms with Crippen LogP contribution >= 0.6 is 0 Å². The molecule has 2 N–H and O–H groups in total. The summed E-state index contributed by atoms with van der Waals surface area (Å²) in [5, 5.41) is 3.34. The van der Waals surface area contributed by atoms with Crippen molar-refractivity contribution in [2.75, 3.05) is 13.1 Å². The fourth-order valence-electron chi connectivity index (χ4n) is 2.81. The number of nitrogens with one attached hydrogen (secondary N) is 2. The van der Waals surface area contributed by atoms with Gasteiger partial charge in [0, 0.05) is 6.04 Å². The first-order valence-electron chi connectivity index (χ1n) is 6.73. The number of aryl methyl sites for hydroxylation is 1. The summed E-state index contributed by atoms with van der Waals surface area (Å²) in [5.74, 6) is 0. The molecule has 3 rings (SSSR count). The summed E-state index contributed by atoms with van der Waals surface area (Å²) in [6.45, 7) is 4.13. The van der Waals surface area contributed by atoms with Crippen molar-refractivity contribution in [2.45, 2.75) is 32.2 Å². The van der Waals surface area contributed by atoms with Crippen LogP contribution < -0.4 is 11.0 Å². The van der Waals surface area contributed by atoms with Crippen LogP contribution in [0.1, 0.15) is 31.4 Å². The molecule has 1 aromatic carbocycles. The average molecular weight is 245 g/mol. The van der Waals surface area contributed by atoms with Crippen molar-refractivity contribution >= 4 is 11.0 Å². The minimum Gasteiger partial charge on any atom is -0.317 e. The van der Waals surface area contributed by atoms with Gasteiger partial charge in [-0.3, -0.25) is 4.57 Å². The molecule has 1 aliphatic rings. The first-order valence-corrected chi connectivity index (χ1v) is 6.73. The molecule has 2 heterocycles. The minimum atomic E-state index is 0.0325. The van der Waals surface area contributed by atoms with E-state index in [2.05, 4.69) is 29.4 Å². The van der Waals surface area contributed by atoms with Gasteiger partial charge in [-0.15, -0.1) is 0 Å². The lowest BCUT2D eigenvalue weighted by molar-refractivity contribution is 0.368. The van der Waals surface area contributed by atoms with Crippen LogP contribution in [-0.4, -0.2) is 22.6 Å². The van der Waals surface area contributed by atoms with Gasteiger partial charge in [-0.2, -0.15) is 0 Å². The van der Waals surface area contributed by atoms with E-state index in [9.17, 15) is 4.79 Å². The van der Waals surface area contributed by atoms with E-state index in [4.69, 9.17) is 0 Å². The average Bonchev–Trinajstić information content (AvgIpc) is 2.74. The molecule has 0 saturated carbocycles. The second-order valence-corrected chi connectivity index (χ2v) is 4.99. The zero-order chi connectivity index (χ0) is 12.5. The maximum absolute atomic E-state index is 12.1. The molecule has 0 bridgehead atoms. The Morgan fingerprint density at radius 3 is 2.83 bits per heavy atom. The summed E-state index contributed by atoms with van der Waals surface area (Å²) in [4.78, 5) is 15.1. The highest BCUT2D eigenvalue weighted by Gasteiger charge is 2.19. The zero-order valence-electron chi connectivity index (χ0n) is 10.7. The van der Waals surface area contributed by atoms with Crippen LogP contribution in [0.25, 0.3) is 11.0 Å². The molecule has 0 spiro atoms. The molecule has 4 heteroatoms. The van der Waals surface area contributed by atoms with Crippen molar-refractivity contribution in [3.05, 3.63) is 34.2 Å². The van der Waals surface area contributed by atoms with Crippen LogP contribution in [0, 0.1) is 0 Å². The highest BCUT2D eigenvalue weighted by Crippen LogP contribution is 2.22. The fraction of sp³-hybridized carbons (Fsp3) is 0.500. The van der Waals surface area contributed by atoms with Crippen molar-refractivity contribution < 1.29 is 0 Å². The molecule has 1 saturated heterocycles. The highest BCUT2D eigenvalue weighted by molar-refractivity contribution is 5.76. The van der Waals surface area contributed by atoms with Gasteiger partial charge >= 0.3 is 5.69 Å². The standard InChI is InChI=1S/C14H19N3O/c1-2-10-3-4-12-13(9-10)17(14(18)16-12)11-5-7-15-8-6-11/h3-4,9,11,15H,2,5-8H2,1H3,(H,16,18). The number of imidazole rings is 1. The third kappa shape index (κ3) is 1.86. The molecule has 0 atom stereocenters. The second kappa shape index (κ2) is 4.61. The molecule has 1 aromatic heterocycles. The lowest BCUT2D eigenvalue weighted by Gasteiger charge is -2.23. The van der Waals surface area contributed by atoms with Crippen LogP contribution in [0.3, 0.4) is 0 Å². The third-order valence-corrected chi connectivity index (χ3v) is 3.86. The molecule has 0 aliphatic carbocycles. The van der Waals surface area contributed by atoms with E-state index >= 15 is 0 Å². The normalized spacial score (nSPS) is 17.4. The predicted octanol–water partition coefficient (Wildman–Crippen LogP) is 1.82. The second-order valence-electron chi connectivity index (χ2n) is 4.99. The van der Waals surface area contributed by atoms with Gasteiger partial charge in [0.05, 0.1) is 11.0 Å². The molecular weight excluding hydrogens is 226 g/mol. The van der Waals surface area contributed by atoms with Crippen LogP contribution in [0.5, 0.6) is 0 Å². The van der Waals surface area contributed by atoms with Crippen molar-refractivity contribution in [1.29, 1.82) is 0 Å². The van der Waals surface area contributed by atoms with E-state index < -0.39 is 0 Å². The minimum absolute atomic E-state index is 0.0325. The number of benzene rings is 1. The van der Waals surface area contributed by atoms with E-state index in [0.717, 1.165) is 43.4 Å². The Balaban J connectivity index is 2.13. The van der Waals surface area contributed by atoms with E-state index in [1.165, 1.54) is 5.56 Å². The summed E-state index contributed by atoms with van der Waals surface area (Å²) < 4.78 is 1.95. The molecule has 1 fully saturated rings. The molecule has 96 valence electrons. The van der Waals surface area contributed by atoms with E-state index in [1.54, 1.807) is 0 Å². The van der Waals surface area contributed by atoms with Gasteiger partial charge in [0.2, 0.25) is 0 Å². The van der Waals surface area contributed by atoms with Crippen molar-refractivity contribution in [3.8, 4) is 0 Å². The first-order chi connectivity index (χ1) is 8.79. The van der Waals surface area contributed by atoms with Gasteiger partial charge < -0.3 is 10.3 Å². The molecule has 0 radical (unpaired) electrons. The van der Waals surface area contributed by atoms with Crippen LogP contribution in [0.4, 0.5) is 0 Å². The quantitative estimate of drug-likeness (QED) is 0.848. The van der Waals surface area contributed by atoms with E-state index in [1.807, 2.05) is 10.6 Å². The number of hydrogen-bond donors (Lipinski definition) is 2. The lowest BCUT2D eigenvalue weighted by Crippen LogP contribution is -2.33. The Kier molecular flexibility index (Phi) is 2.96. The largest absolute Gasteiger partial charge is 0.326 e. The Bertz CT molecular complexity index is 605. The summed E-state index contributed by atoms with van der Waals surface area (Å²) >= 11 is 0. The summed E-state index contributed by atoms with van der Waals surface area (Å²) in [7, 11) is 0. The maximum Gasteiger partial charge on any atom is 0.326 e. The fourth-order valence-corrected chi connectivity index (χ4v) is 2.81. The number of hydrogen-bond acceptors (Lipinski definition) is 2. The van der Waals surface area contributed by atoms with Gasteiger partial charge in [0.25, 0.3) is 0 Å². The highest BCUT2D eigenvalue weighted by atomic mass is 16.1. The summed E-state index contributed by atoms with van der Waals surface area (Å²) in [5.41, 5.74) is 3.33. The topological polar surface area (TPSA) is 49.8 Å². The molecule has 1 aliphatic heterocycles. The monoisotopic (exact) mass is 245 g/mol. The smallest absolute Gasteiger partial charge is 0.317 e. The van der Waals surface area contributed by atoms with Crippen LogP contribution in [0.15, 0.2) is 23.0 Å². The number of aromatic amines is 1. The van der Waals surface area contributed by atoms with E-state index in [0.29, 0.717) is 6.04 Å². The number of rotatable bonds is 2. The molecule has 2 aromatic rings. The Labute approximate surface area is 106 Å². The first kappa shape index (κ1) is 11.5. The third-order valence-electron chi connectivity index (χ3n) is 3.86. The number of H-pyrrole nitrogens is 1. The SMILES string of the molecule is CCc1ccc2[nH]c(=O)n(C3CCNCC3)c2c1. The summed E-state index contributed by atoms with van der Waals surface area (Å²) in [6.07, 6.45) is 3.06. The van der Waals surface area contributed by atoms with E-state index in [-0.39, 0.29) is 5.69 Å². The Morgan fingerprint density at radius 1 is 1.33 bits per heavy atom. The molecule has 4 nitrogen and oxygen atoms in total. The van der Waals surface area contributed by atoms with Crippen molar-refractivity contribution in [3.63, 3.8) is 0 Å². The lowest BCUT2D eigenvalue weighted by atomic mass is 10.1. The zero-order valence-corrected chi connectivity index (χ0v) is 10.7. The van der Waals surface area contributed by atoms with Gasteiger partial charge in [0.15, 0.2) is 0 Å².